The van der Waals surface area contributed by atoms with E-state index in [1.54, 1.807) is 11.3 Å². The molecular formula is C9H14N6S. The van der Waals surface area contributed by atoms with Crippen LogP contribution in [0.4, 0.5) is 0 Å². The van der Waals surface area contributed by atoms with Crippen LogP contribution in [0.2, 0.25) is 0 Å². The molecule has 6 nitrogen and oxygen atoms in total. The SMILES string of the molecule is Cc1nc(C)c(CNC(C)c2nn[nH]n2)s1. The average molecular weight is 238 g/mol. The summed E-state index contributed by atoms with van der Waals surface area (Å²) in [5.41, 5.74) is 1.09. The van der Waals surface area contributed by atoms with Gasteiger partial charge < -0.3 is 5.32 Å². The van der Waals surface area contributed by atoms with Crippen LogP contribution in [0.1, 0.15) is 34.4 Å². The average Bonchev–Trinajstić information content (AvgIpc) is 2.84. The monoisotopic (exact) mass is 238 g/mol. The molecule has 86 valence electrons. The maximum Gasteiger partial charge on any atom is 0.191 e. The molecule has 0 spiro atoms. The van der Waals surface area contributed by atoms with Crippen LogP contribution in [-0.2, 0) is 6.54 Å². The Kier molecular flexibility index (Phi) is 3.25. The lowest BCUT2D eigenvalue weighted by atomic mass is 10.3. The van der Waals surface area contributed by atoms with Crippen LogP contribution >= 0.6 is 11.3 Å². The summed E-state index contributed by atoms with van der Waals surface area (Å²) < 4.78 is 0. The lowest BCUT2D eigenvalue weighted by Crippen LogP contribution is -2.19. The quantitative estimate of drug-likeness (QED) is 0.834. The molecule has 2 aromatic heterocycles. The number of nitrogens with one attached hydrogen (secondary N) is 2. The number of hydrogen-bond acceptors (Lipinski definition) is 6. The fourth-order valence-corrected chi connectivity index (χ4v) is 2.32. The maximum atomic E-state index is 4.38. The standard InChI is InChI=1S/C9H14N6S/c1-5-8(16-7(3)11-5)4-10-6(2)9-12-14-15-13-9/h6,10H,4H2,1-3H3,(H,12,13,14,15). The Hall–Kier alpha value is -1.34. The van der Waals surface area contributed by atoms with Gasteiger partial charge in [0.1, 0.15) is 0 Å². The minimum atomic E-state index is 0.0838. The van der Waals surface area contributed by atoms with Gasteiger partial charge in [-0.15, -0.1) is 21.5 Å². The van der Waals surface area contributed by atoms with Crippen molar-refractivity contribution in [2.24, 2.45) is 0 Å². The Labute approximate surface area is 97.5 Å². The maximum absolute atomic E-state index is 4.38. The second kappa shape index (κ2) is 4.67. The summed E-state index contributed by atoms with van der Waals surface area (Å²) in [6.45, 7) is 6.84. The zero-order chi connectivity index (χ0) is 11.5. The first-order valence-electron chi connectivity index (χ1n) is 5.06. The van der Waals surface area contributed by atoms with E-state index in [4.69, 9.17) is 0 Å². The number of aromatic nitrogens is 5. The van der Waals surface area contributed by atoms with Gasteiger partial charge in [0, 0.05) is 11.4 Å². The molecular weight excluding hydrogens is 224 g/mol. The Morgan fingerprint density at radius 1 is 1.44 bits per heavy atom. The summed E-state index contributed by atoms with van der Waals surface area (Å²) in [4.78, 5) is 5.64. The van der Waals surface area contributed by atoms with E-state index in [0.717, 1.165) is 17.2 Å². The van der Waals surface area contributed by atoms with Gasteiger partial charge in [-0.25, -0.2) is 4.98 Å². The highest BCUT2D eigenvalue weighted by molar-refractivity contribution is 7.11. The van der Waals surface area contributed by atoms with E-state index < -0.39 is 0 Å². The van der Waals surface area contributed by atoms with Gasteiger partial charge in [-0.3, -0.25) is 0 Å². The Bertz CT molecular complexity index is 449. The highest BCUT2D eigenvalue weighted by Crippen LogP contribution is 2.17. The first-order chi connectivity index (χ1) is 7.66. The normalized spacial score (nSPS) is 12.9. The molecule has 1 unspecified atom stereocenters. The molecule has 0 aliphatic heterocycles. The minimum Gasteiger partial charge on any atom is -0.302 e. The van der Waals surface area contributed by atoms with Crippen molar-refractivity contribution in [3.63, 3.8) is 0 Å². The summed E-state index contributed by atoms with van der Waals surface area (Å²) in [6.07, 6.45) is 0. The van der Waals surface area contributed by atoms with Gasteiger partial charge in [-0.1, -0.05) is 5.21 Å². The van der Waals surface area contributed by atoms with Gasteiger partial charge in [0.15, 0.2) is 5.82 Å². The van der Waals surface area contributed by atoms with Crippen LogP contribution in [0.3, 0.4) is 0 Å². The molecule has 0 fully saturated rings. The number of H-pyrrole nitrogens is 1. The van der Waals surface area contributed by atoms with E-state index >= 15 is 0 Å². The summed E-state index contributed by atoms with van der Waals surface area (Å²) in [7, 11) is 0. The van der Waals surface area contributed by atoms with Crippen molar-refractivity contribution in [1.82, 2.24) is 30.9 Å². The lowest BCUT2D eigenvalue weighted by molar-refractivity contribution is 0.549. The molecule has 0 radical (unpaired) electrons. The molecule has 0 aliphatic rings. The highest BCUT2D eigenvalue weighted by atomic mass is 32.1. The van der Waals surface area contributed by atoms with Crippen LogP contribution in [-0.4, -0.2) is 25.6 Å². The number of tetrazole rings is 1. The molecule has 0 saturated heterocycles. The zero-order valence-corrected chi connectivity index (χ0v) is 10.3. The second-order valence-corrected chi connectivity index (χ2v) is 4.90. The highest BCUT2D eigenvalue weighted by Gasteiger charge is 2.11. The predicted octanol–water partition coefficient (Wildman–Crippen LogP) is 1.12. The first kappa shape index (κ1) is 11.2. The minimum absolute atomic E-state index is 0.0838. The Morgan fingerprint density at radius 3 is 2.81 bits per heavy atom. The summed E-state index contributed by atoms with van der Waals surface area (Å²) in [5, 5.41) is 18.3. The number of thiazole rings is 1. The molecule has 0 bridgehead atoms. The predicted molar refractivity (Wildman–Crippen MR) is 61.0 cm³/mol. The molecule has 0 aromatic carbocycles. The van der Waals surface area contributed by atoms with Crippen LogP contribution in [0.5, 0.6) is 0 Å². The fourth-order valence-electron chi connectivity index (χ4n) is 1.43. The molecule has 7 heteroatoms. The molecule has 2 N–H and O–H groups in total. The smallest absolute Gasteiger partial charge is 0.191 e. The van der Waals surface area contributed by atoms with Crippen molar-refractivity contribution in [1.29, 1.82) is 0 Å². The molecule has 2 aromatic rings. The van der Waals surface area contributed by atoms with Crippen molar-refractivity contribution in [3.05, 3.63) is 21.4 Å². The third kappa shape index (κ3) is 2.42. The molecule has 1 atom stereocenters. The Morgan fingerprint density at radius 2 is 2.25 bits per heavy atom. The van der Waals surface area contributed by atoms with Crippen LogP contribution in [0.25, 0.3) is 0 Å². The number of nitrogens with zero attached hydrogens (tertiary/aromatic N) is 4. The number of aryl methyl sites for hydroxylation is 2. The topological polar surface area (TPSA) is 79.4 Å². The van der Waals surface area contributed by atoms with Crippen molar-refractivity contribution in [2.45, 2.75) is 33.4 Å². The fraction of sp³-hybridized carbons (Fsp3) is 0.556. The van der Waals surface area contributed by atoms with Gasteiger partial charge in [0.25, 0.3) is 0 Å². The van der Waals surface area contributed by atoms with Crippen molar-refractivity contribution in [3.8, 4) is 0 Å². The van der Waals surface area contributed by atoms with E-state index in [-0.39, 0.29) is 6.04 Å². The van der Waals surface area contributed by atoms with E-state index in [9.17, 15) is 0 Å². The van der Waals surface area contributed by atoms with Crippen LogP contribution < -0.4 is 5.32 Å². The van der Waals surface area contributed by atoms with Gasteiger partial charge in [-0.05, 0) is 20.8 Å². The zero-order valence-electron chi connectivity index (χ0n) is 9.48. The molecule has 2 rings (SSSR count). The van der Waals surface area contributed by atoms with Gasteiger partial charge in [0.05, 0.1) is 16.7 Å². The third-order valence-corrected chi connectivity index (χ3v) is 3.39. The van der Waals surface area contributed by atoms with Gasteiger partial charge >= 0.3 is 0 Å². The van der Waals surface area contributed by atoms with Gasteiger partial charge in [0.2, 0.25) is 0 Å². The molecule has 0 amide bonds. The van der Waals surface area contributed by atoms with E-state index in [2.05, 4.69) is 30.9 Å². The van der Waals surface area contributed by atoms with Gasteiger partial charge in [-0.2, -0.15) is 5.21 Å². The lowest BCUT2D eigenvalue weighted by Gasteiger charge is -2.08. The van der Waals surface area contributed by atoms with Crippen molar-refractivity contribution < 1.29 is 0 Å². The molecule has 0 aliphatic carbocycles. The largest absolute Gasteiger partial charge is 0.302 e. The van der Waals surface area contributed by atoms with Crippen LogP contribution in [0.15, 0.2) is 0 Å². The van der Waals surface area contributed by atoms with Crippen LogP contribution in [0, 0.1) is 13.8 Å². The second-order valence-electron chi connectivity index (χ2n) is 3.61. The molecule has 16 heavy (non-hydrogen) atoms. The number of aromatic amines is 1. The van der Waals surface area contributed by atoms with Crippen molar-refractivity contribution >= 4 is 11.3 Å². The summed E-state index contributed by atoms with van der Waals surface area (Å²) in [5.74, 6) is 0.680. The van der Waals surface area contributed by atoms with E-state index in [1.165, 1.54) is 4.88 Å². The van der Waals surface area contributed by atoms with E-state index in [0.29, 0.717) is 5.82 Å². The third-order valence-electron chi connectivity index (χ3n) is 2.32. The molecule has 2 heterocycles. The van der Waals surface area contributed by atoms with Crippen molar-refractivity contribution in [2.75, 3.05) is 0 Å². The summed E-state index contributed by atoms with van der Waals surface area (Å²) >= 11 is 1.72. The molecule has 0 saturated carbocycles. The Balaban J connectivity index is 1.95. The van der Waals surface area contributed by atoms with E-state index in [1.807, 2.05) is 20.8 Å². The first-order valence-corrected chi connectivity index (χ1v) is 5.88. The number of hydrogen-bond donors (Lipinski definition) is 2. The summed E-state index contributed by atoms with van der Waals surface area (Å²) in [6, 6.07) is 0.0838. The number of rotatable bonds is 4.